The van der Waals surface area contributed by atoms with Gasteiger partial charge < -0.3 is 9.80 Å². The molecule has 1 saturated heterocycles. The summed E-state index contributed by atoms with van der Waals surface area (Å²) in [4.78, 5) is 28.8. The van der Waals surface area contributed by atoms with Crippen LogP contribution in [0.2, 0.25) is 0 Å². The number of nitrogens with zero attached hydrogens (tertiary/aromatic N) is 2. The summed E-state index contributed by atoms with van der Waals surface area (Å²) in [7, 11) is -3.27. The number of hydrogen-bond donors (Lipinski definition) is 0. The molecule has 1 heterocycles. The van der Waals surface area contributed by atoms with Crippen LogP contribution in [0.4, 0.5) is 0 Å². The lowest BCUT2D eigenvalue weighted by Gasteiger charge is -2.35. The van der Waals surface area contributed by atoms with Crippen LogP contribution in [0.15, 0.2) is 29.2 Å². The third-order valence-electron chi connectivity index (χ3n) is 5.69. The predicted molar refractivity (Wildman–Crippen MR) is 103 cm³/mol. The van der Waals surface area contributed by atoms with Crippen molar-refractivity contribution in [1.29, 1.82) is 0 Å². The number of rotatable bonds is 5. The van der Waals surface area contributed by atoms with E-state index in [1.54, 1.807) is 17.0 Å². The first-order chi connectivity index (χ1) is 12.8. The molecule has 0 atom stereocenters. The van der Waals surface area contributed by atoms with Crippen molar-refractivity contribution in [3.63, 3.8) is 0 Å². The molecule has 0 N–H and O–H groups in total. The average molecular weight is 393 g/mol. The smallest absolute Gasteiger partial charge is 0.253 e. The van der Waals surface area contributed by atoms with E-state index in [4.69, 9.17) is 0 Å². The van der Waals surface area contributed by atoms with Crippen LogP contribution in [-0.2, 0) is 14.6 Å². The van der Waals surface area contributed by atoms with Crippen molar-refractivity contribution in [2.75, 3.05) is 32.4 Å². The predicted octanol–water partition coefficient (Wildman–Crippen LogP) is 2.34. The van der Waals surface area contributed by atoms with Crippen molar-refractivity contribution in [2.45, 2.75) is 43.4 Å². The molecule has 0 aromatic heterocycles. The zero-order chi connectivity index (χ0) is 19.4. The summed E-state index contributed by atoms with van der Waals surface area (Å²) in [6.07, 6.45) is 7.86. The van der Waals surface area contributed by atoms with Crippen molar-refractivity contribution in [1.82, 2.24) is 9.80 Å². The molecule has 0 radical (unpaired) electrons. The Morgan fingerprint density at radius 3 is 2.07 bits per heavy atom. The van der Waals surface area contributed by atoms with E-state index in [-0.39, 0.29) is 16.7 Å². The summed E-state index contributed by atoms with van der Waals surface area (Å²) in [6.45, 7) is 2.16. The van der Waals surface area contributed by atoms with E-state index >= 15 is 0 Å². The van der Waals surface area contributed by atoms with E-state index < -0.39 is 9.84 Å². The fraction of sp³-hybridized carbons (Fsp3) is 0.600. The first-order valence-corrected chi connectivity index (χ1v) is 11.6. The van der Waals surface area contributed by atoms with Gasteiger partial charge in [-0.1, -0.05) is 25.7 Å². The lowest BCUT2D eigenvalue weighted by atomic mass is 10.0. The molecule has 27 heavy (non-hydrogen) atoms. The van der Waals surface area contributed by atoms with Crippen molar-refractivity contribution in [3.05, 3.63) is 29.8 Å². The third-order valence-corrected chi connectivity index (χ3v) is 6.82. The lowest BCUT2D eigenvalue weighted by molar-refractivity contribution is -0.133. The molecular formula is C20H28N2O4S. The summed E-state index contributed by atoms with van der Waals surface area (Å²) in [5.74, 6) is 0.798. The molecule has 0 bridgehead atoms. The van der Waals surface area contributed by atoms with Crippen LogP contribution >= 0.6 is 0 Å². The van der Waals surface area contributed by atoms with Crippen LogP contribution in [0.5, 0.6) is 0 Å². The molecular weight excluding hydrogens is 364 g/mol. The standard InChI is InChI=1S/C20H28N2O4S/c1-27(25,26)18-9-7-17(8-10-18)20(24)22-14-12-21(13-15-22)19(23)11-6-16-4-2-3-5-16/h7-10,16H,2-6,11-15H2,1H3. The SMILES string of the molecule is CS(=O)(=O)c1ccc(C(=O)N2CCN(C(=O)CCC3CCCC3)CC2)cc1. The zero-order valence-electron chi connectivity index (χ0n) is 15.9. The Hall–Kier alpha value is -1.89. The third kappa shape index (κ3) is 5.09. The van der Waals surface area contributed by atoms with Gasteiger partial charge in [0.05, 0.1) is 4.90 Å². The molecule has 2 fully saturated rings. The van der Waals surface area contributed by atoms with E-state index in [2.05, 4.69) is 0 Å². The van der Waals surface area contributed by atoms with Gasteiger partial charge in [-0.05, 0) is 36.6 Å². The summed E-state index contributed by atoms with van der Waals surface area (Å²) in [6, 6.07) is 6.03. The number of piperazine rings is 1. The molecule has 1 saturated carbocycles. The second kappa shape index (κ2) is 8.42. The number of amides is 2. The van der Waals surface area contributed by atoms with Crippen molar-refractivity contribution < 1.29 is 18.0 Å². The number of benzene rings is 1. The normalized spacial score (nSPS) is 18.7. The first kappa shape index (κ1) is 19.9. The molecule has 2 aliphatic rings. The first-order valence-electron chi connectivity index (χ1n) is 9.72. The zero-order valence-corrected chi connectivity index (χ0v) is 16.7. The number of carbonyl (C=O) groups is 2. The Morgan fingerprint density at radius 2 is 1.52 bits per heavy atom. The van der Waals surface area contributed by atoms with Gasteiger partial charge in [0.15, 0.2) is 9.84 Å². The molecule has 148 valence electrons. The summed E-state index contributed by atoms with van der Waals surface area (Å²) < 4.78 is 23.0. The minimum Gasteiger partial charge on any atom is -0.339 e. The highest BCUT2D eigenvalue weighted by atomic mass is 32.2. The Balaban J connectivity index is 1.49. The van der Waals surface area contributed by atoms with Gasteiger partial charge in [-0.2, -0.15) is 0 Å². The second-order valence-corrected chi connectivity index (χ2v) is 9.67. The molecule has 0 unspecified atom stereocenters. The summed E-state index contributed by atoms with van der Waals surface area (Å²) >= 11 is 0. The van der Waals surface area contributed by atoms with E-state index in [1.165, 1.54) is 37.8 Å². The quantitative estimate of drug-likeness (QED) is 0.771. The van der Waals surface area contributed by atoms with Gasteiger partial charge in [0, 0.05) is 44.4 Å². The highest BCUT2D eigenvalue weighted by Gasteiger charge is 2.25. The average Bonchev–Trinajstić information content (AvgIpc) is 3.19. The van der Waals surface area contributed by atoms with Crippen LogP contribution < -0.4 is 0 Å². The van der Waals surface area contributed by atoms with E-state index in [0.29, 0.717) is 44.1 Å². The fourth-order valence-corrected chi connectivity index (χ4v) is 4.60. The van der Waals surface area contributed by atoms with Gasteiger partial charge in [0.25, 0.3) is 5.91 Å². The van der Waals surface area contributed by atoms with Crippen molar-refractivity contribution in [3.8, 4) is 0 Å². The Morgan fingerprint density at radius 1 is 0.963 bits per heavy atom. The maximum atomic E-state index is 12.6. The molecule has 1 aromatic carbocycles. The highest BCUT2D eigenvalue weighted by molar-refractivity contribution is 7.90. The Bertz CT molecular complexity index is 775. The molecule has 1 aromatic rings. The molecule has 0 spiro atoms. The van der Waals surface area contributed by atoms with E-state index in [9.17, 15) is 18.0 Å². The largest absolute Gasteiger partial charge is 0.339 e. The fourth-order valence-electron chi connectivity index (χ4n) is 3.97. The molecule has 2 amide bonds. The van der Waals surface area contributed by atoms with Crippen LogP contribution in [0.3, 0.4) is 0 Å². The Labute approximate surface area is 161 Å². The van der Waals surface area contributed by atoms with Gasteiger partial charge in [-0.15, -0.1) is 0 Å². The van der Waals surface area contributed by atoms with Crippen molar-refractivity contribution in [2.24, 2.45) is 5.92 Å². The molecule has 1 aliphatic heterocycles. The maximum absolute atomic E-state index is 12.6. The van der Waals surface area contributed by atoms with Gasteiger partial charge in [0.2, 0.25) is 5.91 Å². The second-order valence-electron chi connectivity index (χ2n) is 7.66. The van der Waals surface area contributed by atoms with E-state index in [0.717, 1.165) is 12.7 Å². The molecule has 3 rings (SSSR count). The highest BCUT2D eigenvalue weighted by Crippen LogP contribution is 2.28. The van der Waals surface area contributed by atoms with Crippen LogP contribution in [0.1, 0.15) is 48.9 Å². The number of sulfone groups is 1. The van der Waals surface area contributed by atoms with Gasteiger partial charge in [-0.25, -0.2) is 8.42 Å². The minimum atomic E-state index is -3.27. The van der Waals surface area contributed by atoms with Gasteiger partial charge in [-0.3, -0.25) is 9.59 Å². The summed E-state index contributed by atoms with van der Waals surface area (Å²) in [5, 5.41) is 0. The lowest BCUT2D eigenvalue weighted by Crippen LogP contribution is -2.50. The van der Waals surface area contributed by atoms with Crippen LogP contribution in [0, 0.1) is 5.92 Å². The Kier molecular flexibility index (Phi) is 6.19. The van der Waals surface area contributed by atoms with Gasteiger partial charge >= 0.3 is 0 Å². The molecule has 1 aliphatic carbocycles. The summed E-state index contributed by atoms with van der Waals surface area (Å²) in [5.41, 5.74) is 0.475. The topological polar surface area (TPSA) is 74.8 Å². The van der Waals surface area contributed by atoms with Crippen LogP contribution in [-0.4, -0.2) is 62.5 Å². The minimum absolute atomic E-state index is 0.117. The molecule has 6 nitrogen and oxygen atoms in total. The number of carbonyl (C=O) groups excluding carboxylic acids is 2. The maximum Gasteiger partial charge on any atom is 0.253 e. The van der Waals surface area contributed by atoms with Crippen molar-refractivity contribution >= 4 is 21.7 Å². The van der Waals surface area contributed by atoms with E-state index in [1.807, 2.05) is 4.90 Å². The number of hydrogen-bond acceptors (Lipinski definition) is 4. The monoisotopic (exact) mass is 392 g/mol. The van der Waals surface area contributed by atoms with Gasteiger partial charge in [0.1, 0.15) is 0 Å². The molecule has 7 heteroatoms. The van der Waals surface area contributed by atoms with Crippen LogP contribution in [0.25, 0.3) is 0 Å².